The van der Waals surface area contributed by atoms with Gasteiger partial charge >= 0.3 is 0 Å². The van der Waals surface area contributed by atoms with Gasteiger partial charge in [0.2, 0.25) is 0 Å². The first kappa shape index (κ1) is 18.9. The molecule has 0 aliphatic heterocycles. The molecule has 0 atom stereocenters. The molecule has 1 aliphatic carbocycles. The van der Waals surface area contributed by atoms with Crippen molar-refractivity contribution in [1.82, 2.24) is 9.97 Å². The second kappa shape index (κ2) is 9.64. The van der Waals surface area contributed by atoms with Crippen LogP contribution in [0.25, 0.3) is 22.6 Å². The summed E-state index contributed by atoms with van der Waals surface area (Å²) in [6, 6.07) is 19.1. The van der Waals surface area contributed by atoms with Crippen molar-refractivity contribution in [1.29, 1.82) is 0 Å². The Kier molecular flexibility index (Phi) is 6.49. The molecule has 1 aromatic carbocycles. The molecular formula is C26H30N2. The second-order valence-corrected chi connectivity index (χ2v) is 7.90. The molecule has 2 heterocycles. The first-order chi connectivity index (χ1) is 13.9. The largest absolute Gasteiger partial charge is 0.255 e. The predicted octanol–water partition coefficient (Wildman–Crippen LogP) is 7.03. The fourth-order valence-corrected chi connectivity index (χ4v) is 4.28. The Balaban J connectivity index is 1.80. The molecule has 2 nitrogen and oxygen atoms in total. The molecule has 0 unspecified atom stereocenters. The monoisotopic (exact) mass is 370 g/mol. The van der Waals surface area contributed by atoms with Crippen LogP contribution in [0.4, 0.5) is 0 Å². The van der Waals surface area contributed by atoms with Crippen molar-refractivity contribution in [3.05, 3.63) is 71.9 Å². The van der Waals surface area contributed by atoms with E-state index in [0.29, 0.717) is 0 Å². The molecule has 2 heteroatoms. The Morgan fingerprint density at radius 2 is 1.29 bits per heavy atom. The Labute approximate surface area is 169 Å². The van der Waals surface area contributed by atoms with E-state index in [4.69, 9.17) is 4.98 Å². The number of pyridine rings is 2. The van der Waals surface area contributed by atoms with Crippen LogP contribution in [0.15, 0.2) is 60.8 Å². The Hall–Kier alpha value is -2.48. The van der Waals surface area contributed by atoms with Crippen LogP contribution in [0, 0.1) is 0 Å². The Morgan fingerprint density at radius 1 is 0.607 bits per heavy atom. The molecule has 2 aromatic heterocycles. The van der Waals surface area contributed by atoms with E-state index in [1.54, 1.807) is 0 Å². The van der Waals surface area contributed by atoms with E-state index in [1.807, 2.05) is 12.3 Å². The third-order valence-corrected chi connectivity index (χ3v) is 5.82. The SMILES string of the molecule is c1ccc(-c2cc3c(c(-c4ccccn4)n2)CCCCCCCCCC3)cc1. The number of nitrogens with zero attached hydrogens (tertiary/aromatic N) is 2. The van der Waals surface area contributed by atoms with Gasteiger partial charge in [0.1, 0.15) is 0 Å². The number of rotatable bonds is 2. The number of benzene rings is 1. The van der Waals surface area contributed by atoms with Crippen molar-refractivity contribution in [3.63, 3.8) is 0 Å². The lowest BCUT2D eigenvalue weighted by molar-refractivity contribution is 0.559. The summed E-state index contributed by atoms with van der Waals surface area (Å²) in [7, 11) is 0. The lowest BCUT2D eigenvalue weighted by Crippen LogP contribution is -2.04. The summed E-state index contributed by atoms with van der Waals surface area (Å²) >= 11 is 0. The van der Waals surface area contributed by atoms with Crippen LogP contribution < -0.4 is 0 Å². The number of aryl methyl sites for hydroxylation is 1. The number of fused-ring (bicyclic) bond motifs is 1. The average molecular weight is 371 g/mol. The summed E-state index contributed by atoms with van der Waals surface area (Å²) in [6.45, 7) is 0. The van der Waals surface area contributed by atoms with Crippen LogP contribution in [0.3, 0.4) is 0 Å². The first-order valence-electron chi connectivity index (χ1n) is 10.9. The van der Waals surface area contributed by atoms with E-state index in [-0.39, 0.29) is 0 Å². The van der Waals surface area contributed by atoms with Crippen LogP contribution in [-0.2, 0) is 12.8 Å². The van der Waals surface area contributed by atoms with Gasteiger partial charge in [-0.15, -0.1) is 0 Å². The number of hydrogen-bond donors (Lipinski definition) is 0. The molecule has 0 amide bonds. The van der Waals surface area contributed by atoms with Crippen LogP contribution in [0.5, 0.6) is 0 Å². The number of hydrogen-bond acceptors (Lipinski definition) is 2. The zero-order valence-corrected chi connectivity index (χ0v) is 16.7. The molecule has 3 aromatic rings. The van der Waals surface area contributed by atoms with E-state index in [0.717, 1.165) is 29.9 Å². The smallest absolute Gasteiger partial charge is 0.0928 e. The maximum atomic E-state index is 5.13. The topological polar surface area (TPSA) is 25.8 Å². The van der Waals surface area contributed by atoms with Gasteiger partial charge in [0.25, 0.3) is 0 Å². The minimum atomic E-state index is 1.00. The molecule has 0 saturated heterocycles. The van der Waals surface area contributed by atoms with Crippen molar-refractivity contribution >= 4 is 0 Å². The standard InChI is InChI=1S/C26H30N2/c1-2-4-6-11-17-23-22(16-8-5-3-1)20-25(21-14-9-7-10-15-21)28-26(23)24-18-12-13-19-27-24/h7,9-10,12-15,18-20H,1-6,8,11,16-17H2. The number of aromatic nitrogens is 2. The normalized spacial score (nSPS) is 15.9. The zero-order valence-electron chi connectivity index (χ0n) is 16.7. The van der Waals surface area contributed by atoms with Crippen LogP contribution >= 0.6 is 0 Å². The highest BCUT2D eigenvalue weighted by Gasteiger charge is 2.16. The minimum Gasteiger partial charge on any atom is -0.255 e. The molecule has 144 valence electrons. The van der Waals surface area contributed by atoms with Gasteiger partial charge in [-0.25, -0.2) is 4.98 Å². The third kappa shape index (κ3) is 4.67. The van der Waals surface area contributed by atoms with E-state index >= 15 is 0 Å². The van der Waals surface area contributed by atoms with Gasteiger partial charge in [0.05, 0.1) is 17.1 Å². The minimum absolute atomic E-state index is 1.00. The molecule has 0 spiro atoms. The van der Waals surface area contributed by atoms with Gasteiger partial charge in [0.15, 0.2) is 0 Å². The predicted molar refractivity (Wildman–Crippen MR) is 117 cm³/mol. The zero-order chi connectivity index (χ0) is 19.0. The highest BCUT2D eigenvalue weighted by molar-refractivity contribution is 5.69. The Bertz CT molecular complexity index is 872. The van der Waals surface area contributed by atoms with Crippen molar-refractivity contribution in [2.45, 2.75) is 64.2 Å². The molecule has 1 aliphatic rings. The van der Waals surface area contributed by atoms with Gasteiger partial charge < -0.3 is 0 Å². The molecule has 0 fully saturated rings. The fraction of sp³-hybridized carbons (Fsp3) is 0.385. The van der Waals surface area contributed by atoms with Crippen LogP contribution in [0.2, 0.25) is 0 Å². The van der Waals surface area contributed by atoms with Crippen molar-refractivity contribution in [2.24, 2.45) is 0 Å². The summed E-state index contributed by atoms with van der Waals surface area (Å²) in [5.41, 5.74) is 7.27. The van der Waals surface area contributed by atoms with Gasteiger partial charge in [-0.3, -0.25) is 4.98 Å². The summed E-state index contributed by atoms with van der Waals surface area (Å²) < 4.78 is 0. The van der Waals surface area contributed by atoms with Gasteiger partial charge in [-0.2, -0.15) is 0 Å². The highest BCUT2D eigenvalue weighted by atomic mass is 14.8. The lowest BCUT2D eigenvalue weighted by atomic mass is 9.91. The fourth-order valence-electron chi connectivity index (χ4n) is 4.28. The molecule has 28 heavy (non-hydrogen) atoms. The van der Waals surface area contributed by atoms with Crippen LogP contribution in [0.1, 0.15) is 62.5 Å². The molecule has 0 saturated carbocycles. The van der Waals surface area contributed by atoms with E-state index in [1.165, 1.54) is 68.1 Å². The summed E-state index contributed by atoms with van der Waals surface area (Å²) in [4.78, 5) is 9.79. The molecule has 0 radical (unpaired) electrons. The van der Waals surface area contributed by atoms with Gasteiger partial charge in [0, 0.05) is 11.8 Å². The van der Waals surface area contributed by atoms with Gasteiger partial charge in [-0.1, -0.05) is 74.9 Å². The first-order valence-corrected chi connectivity index (χ1v) is 10.9. The van der Waals surface area contributed by atoms with Crippen molar-refractivity contribution in [2.75, 3.05) is 0 Å². The van der Waals surface area contributed by atoms with E-state index in [2.05, 4.69) is 53.5 Å². The summed E-state index contributed by atoms with van der Waals surface area (Å²) in [5.74, 6) is 0. The quantitative estimate of drug-likeness (QED) is 0.484. The van der Waals surface area contributed by atoms with E-state index < -0.39 is 0 Å². The van der Waals surface area contributed by atoms with E-state index in [9.17, 15) is 0 Å². The highest BCUT2D eigenvalue weighted by Crippen LogP contribution is 2.31. The lowest BCUT2D eigenvalue weighted by Gasteiger charge is -2.17. The van der Waals surface area contributed by atoms with Gasteiger partial charge in [-0.05, 0) is 55.0 Å². The van der Waals surface area contributed by atoms with Crippen LogP contribution in [-0.4, -0.2) is 9.97 Å². The molecule has 4 rings (SSSR count). The Morgan fingerprint density at radius 3 is 2.00 bits per heavy atom. The summed E-state index contributed by atoms with van der Waals surface area (Å²) in [6.07, 6.45) is 14.9. The van der Waals surface area contributed by atoms with Crippen molar-refractivity contribution in [3.8, 4) is 22.6 Å². The van der Waals surface area contributed by atoms with Crippen molar-refractivity contribution < 1.29 is 0 Å². The second-order valence-electron chi connectivity index (χ2n) is 7.90. The average Bonchev–Trinajstić information content (AvgIpc) is 2.75. The summed E-state index contributed by atoms with van der Waals surface area (Å²) in [5, 5.41) is 0. The molecular weight excluding hydrogens is 340 g/mol. The molecule has 0 N–H and O–H groups in total. The molecule has 0 bridgehead atoms. The third-order valence-electron chi connectivity index (χ3n) is 5.82. The maximum Gasteiger partial charge on any atom is 0.0928 e. The maximum absolute atomic E-state index is 5.13.